The maximum absolute atomic E-state index is 11.9. The summed E-state index contributed by atoms with van der Waals surface area (Å²) >= 11 is 0. The van der Waals surface area contributed by atoms with Gasteiger partial charge in [0, 0.05) is 18.5 Å². The Labute approximate surface area is 124 Å². The number of benzene rings is 1. The smallest absolute Gasteiger partial charge is 0.303 e. The van der Waals surface area contributed by atoms with E-state index in [0.29, 0.717) is 24.4 Å². The first-order chi connectivity index (χ1) is 9.90. The highest BCUT2D eigenvalue weighted by atomic mass is 32.2. The molecule has 0 saturated carbocycles. The quantitative estimate of drug-likeness (QED) is 0.834. The third-order valence-electron chi connectivity index (χ3n) is 3.41. The first kappa shape index (κ1) is 15.5. The number of nitrogens with zero attached hydrogens (tertiary/aromatic N) is 1. The van der Waals surface area contributed by atoms with E-state index in [2.05, 4.69) is 9.71 Å². The highest BCUT2D eigenvalue weighted by molar-refractivity contribution is 7.90. The molecule has 1 aromatic rings. The minimum absolute atomic E-state index is 0.146. The van der Waals surface area contributed by atoms with Crippen LogP contribution in [-0.4, -0.2) is 31.9 Å². The Morgan fingerprint density at radius 1 is 1.33 bits per heavy atom. The van der Waals surface area contributed by atoms with Gasteiger partial charge in [-0.05, 0) is 30.9 Å². The summed E-state index contributed by atoms with van der Waals surface area (Å²) in [6.07, 6.45) is 1.47. The number of sulfonamides is 1. The van der Waals surface area contributed by atoms with Crippen molar-refractivity contribution in [2.75, 3.05) is 6.54 Å². The number of carboxylic acids is 1. The topological polar surface area (TPSA) is 95.8 Å². The van der Waals surface area contributed by atoms with E-state index in [-0.39, 0.29) is 17.2 Å². The lowest BCUT2D eigenvalue weighted by atomic mass is 10.0. The minimum atomic E-state index is -3.49. The number of aliphatic carboxylic acids is 1. The molecule has 0 bridgehead atoms. The summed E-state index contributed by atoms with van der Waals surface area (Å²) < 4.78 is 26.2. The molecule has 7 heteroatoms. The fourth-order valence-corrected chi connectivity index (χ4v) is 3.41. The average Bonchev–Trinajstić information content (AvgIpc) is 2.69. The number of fused-ring (bicyclic) bond motifs is 1. The number of carboxylic acid groups (broad SMARTS) is 1. The van der Waals surface area contributed by atoms with Crippen LogP contribution in [0.25, 0.3) is 0 Å². The van der Waals surface area contributed by atoms with Gasteiger partial charge in [0.2, 0.25) is 0 Å². The van der Waals surface area contributed by atoms with Crippen molar-refractivity contribution in [2.24, 2.45) is 10.9 Å². The molecule has 1 unspecified atom stereocenters. The molecular formula is C14H18N2O4S. The molecule has 114 valence electrons. The van der Waals surface area contributed by atoms with E-state index in [1.165, 1.54) is 0 Å². The Morgan fingerprint density at radius 3 is 2.76 bits per heavy atom. The van der Waals surface area contributed by atoms with Crippen LogP contribution in [0.2, 0.25) is 0 Å². The molecule has 1 heterocycles. The van der Waals surface area contributed by atoms with E-state index in [1.807, 2.05) is 6.92 Å². The summed E-state index contributed by atoms with van der Waals surface area (Å²) in [5.41, 5.74) is 0.593. The van der Waals surface area contributed by atoms with Gasteiger partial charge >= 0.3 is 5.97 Å². The maximum Gasteiger partial charge on any atom is 0.303 e. The molecule has 1 aliphatic heterocycles. The predicted molar refractivity (Wildman–Crippen MR) is 78.8 cm³/mol. The lowest BCUT2D eigenvalue weighted by molar-refractivity contribution is -0.137. The summed E-state index contributed by atoms with van der Waals surface area (Å²) in [4.78, 5) is 15.0. The molecule has 2 N–H and O–H groups in total. The van der Waals surface area contributed by atoms with E-state index in [1.54, 1.807) is 24.3 Å². The number of hydrogen-bond donors (Lipinski definition) is 2. The fraction of sp³-hybridized carbons (Fsp3) is 0.429. The van der Waals surface area contributed by atoms with Crippen molar-refractivity contribution in [1.82, 2.24) is 4.72 Å². The Bertz CT molecular complexity index is 667. The first-order valence-corrected chi connectivity index (χ1v) is 8.27. The van der Waals surface area contributed by atoms with Gasteiger partial charge in [0.05, 0.1) is 4.90 Å². The van der Waals surface area contributed by atoms with Crippen molar-refractivity contribution >= 4 is 21.8 Å². The van der Waals surface area contributed by atoms with E-state index < -0.39 is 16.0 Å². The van der Waals surface area contributed by atoms with Crippen molar-refractivity contribution in [3.05, 3.63) is 29.8 Å². The van der Waals surface area contributed by atoms with Crippen LogP contribution in [0.5, 0.6) is 0 Å². The van der Waals surface area contributed by atoms with Crippen LogP contribution in [0, 0.1) is 5.92 Å². The number of carbonyl (C=O) groups is 1. The van der Waals surface area contributed by atoms with E-state index in [4.69, 9.17) is 5.11 Å². The molecule has 6 nitrogen and oxygen atoms in total. The highest BCUT2D eigenvalue weighted by Crippen LogP contribution is 2.22. The molecule has 2 rings (SSSR count). The van der Waals surface area contributed by atoms with Crippen LogP contribution in [0.1, 0.15) is 31.7 Å². The second-order valence-electron chi connectivity index (χ2n) is 5.16. The fourth-order valence-electron chi connectivity index (χ4n) is 2.16. The Morgan fingerprint density at radius 2 is 2.05 bits per heavy atom. The Balaban J connectivity index is 1.99. The number of hydrogen-bond acceptors (Lipinski definition) is 4. The average molecular weight is 310 g/mol. The normalized spacial score (nSPS) is 19.0. The lowest BCUT2D eigenvalue weighted by Gasteiger charge is -2.07. The van der Waals surface area contributed by atoms with Crippen LogP contribution < -0.4 is 4.72 Å². The third kappa shape index (κ3) is 3.81. The molecule has 1 atom stereocenters. The van der Waals surface area contributed by atoms with Crippen molar-refractivity contribution < 1.29 is 18.3 Å². The molecule has 0 aliphatic carbocycles. The second-order valence-corrected chi connectivity index (χ2v) is 6.81. The molecule has 0 radical (unpaired) electrons. The van der Waals surface area contributed by atoms with Crippen LogP contribution in [0.4, 0.5) is 0 Å². The van der Waals surface area contributed by atoms with Crippen LogP contribution >= 0.6 is 0 Å². The molecule has 0 spiro atoms. The summed E-state index contributed by atoms with van der Waals surface area (Å²) in [6, 6.07) is 6.72. The maximum atomic E-state index is 11.9. The molecule has 0 saturated heterocycles. The summed E-state index contributed by atoms with van der Waals surface area (Å²) in [5, 5.41) is 8.62. The van der Waals surface area contributed by atoms with E-state index >= 15 is 0 Å². The van der Waals surface area contributed by atoms with Gasteiger partial charge in [-0.3, -0.25) is 14.5 Å². The summed E-state index contributed by atoms with van der Waals surface area (Å²) in [7, 11) is -3.49. The molecule has 0 fully saturated rings. The first-order valence-electron chi connectivity index (χ1n) is 6.78. The zero-order valence-corrected chi connectivity index (χ0v) is 12.6. The van der Waals surface area contributed by atoms with Crippen molar-refractivity contribution in [1.29, 1.82) is 0 Å². The van der Waals surface area contributed by atoms with Gasteiger partial charge in [-0.15, -0.1) is 0 Å². The van der Waals surface area contributed by atoms with Gasteiger partial charge in [0.1, 0.15) is 5.84 Å². The van der Waals surface area contributed by atoms with Crippen LogP contribution in [0.3, 0.4) is 0 Å². The molecule has 0 amide bonds. The predicted octanol–water partition coefficient (Wildman–Crippen LogP) is 1.62. The van der Waals surface area contributed by atoms with Gasteiger partial charge in [0.15, 0.2) is 0 Å². The molecule has 1 aliphatic rings. The lowest BCUT2D eigenvalue weighted by Crippen LogP contribution is -2.22. The SMILES string of the molecule is CC(CCN=C1NS(=O)(=O)c2ccccc21)CCC(=O)O. The minimum Gasteiger partial charge on any atom is -0.481 e. The molecule has 1 aromatic carbocycles. The van der Waals surface area contributed by atoms with Gasteiger partial charge in [-0.1, -0.05) is 19.1 Å². The largest absolute Gasteiger partial charge is 0.481 e. The van der Waals surface area contributed by atoms with Gasteiger partial charge in [-0.2, -0.15) is 0 Å². The van der Waals surface area contributed by atoms with E-state index in [9.17, 15) is 13.2 Å². The summed E-state index contributed by atoms with van der Waals surface area (Å²) in [5.74, 6) is -0.194. The van der Waals surface area contributed by atoms with Gasteiger partial charge in [-0.25, -0.2) is 8.42 Å². The zero-order valence-electron chi connectivity index (χ0n) is 11.7. The molecule has 0 aromatic heterocycles. The standard InChI is InChI=1S/C14H18N2O4S/c1-10(6-7-13(17)18)8-9-15-14-11-4-2-3-5-12(11)21(19,20)16-14/h2-5,10H,6-9H2,1H3,(H,15,16)(H,17,18). The van der Waals surface area contributed by atoms with Crippen molar-refractivity contribution in [3.63, 3.8) is 0 Å². The van der Waals surface area contributed by atoms with Crippen LogP contribution in [0.15, 0.2) is 34.2 Å². The molecular weight excluding hydrogens is 292 g/mol. The third-order valence-corrected chi connectivity index (χ3v) is 4.80. The van der Waals surface area contributed by atoms with Gasteiger partial charge < -0.3 is 5.11 Å². The second kappa shape index (κ2) is 6.26. The Hall–Kier alpha value is -1.89. The molecule has 21 heavy (non-hydrogen) atoms. The zero-order chi connectivity index (χ0) is 15.5. The van der Waals surface area contributed by atoms with E-state index in [0.717, 1.165) is 6.42 Å². The Kier molecular flexibility index (Phi) is 4.62. The highest BCUT2D eigenvalue weighted by Gasteiger charge is 2.29. The number of aliphatic imine (C=N–C) groups is 1. The number of nitrogens with one attached hydrogen (secondary N) is 1. The van der Waals surface area contributed by atoms with Crippen molar-refractivity contribution in [2.45, 2.75) is 31.1 Å². The van der Waals surface area contributed by atoms with Crippen molar-refractivity contribution in [3.8, 4) is 0 Å². The summed E-state index contributed by atoms with van der Waals surface area (Å²) in [6.45, 7) is 2.43. The number of amidine groups is 1. The van der Waals surface area contributed by atoms with Crippen LogP contribution in [-0.2, 0) is 14.8 Å². The van der Waals surface area contributed by atoms with Gasteiger partial charge in [0.25, 0.3) is 10.0 Å². The monoisotopic (exact) mass is 310 g/mol. The number of rotatable bonds is 6.